The van der Waals surface area contributed by atoms with Gasteiger partial charge in [-0.25, -0.2) is 0 Å². The lowest BCUT2D eigenvalue weighted by Crippen LogP contribution is -2.64. The minimum atomic E-state index is -1.40. The van der Waals surface area contributed by atoms with Gasteiger partial charge < -0.3 is 28.3 Å². The first kappa shape index (κ1) is 24.2. The van der Waals surface area contributed by atoms with Crippen molar-refractivity contribution in [2.45, 2.75) is 31.1 Å². The fourth-order valence-corrected chi connectivity index (χ4v) is 6.56. The number of aromatic nitrogens is 1. The van der Waals surface area contributed by atoms with Crippen molar-refractivity contribution in [1.82, 2.24) is 5.16 Å². The highest BCUT2D eigenvalue weighted by molar-refractivity contribution is 5.46. The zero-order valence-electron chi connectivity index (χ0n) is 21.9. The Morgan fingerprint density at radius 1 is 0.846 bits per heavy atom. The molecule has 0 radical (unpaired) electrons. The maximum atomic E-state index is 12.1. The molecule has 0 amide bonds. The first-order valence-corrected chi connectivity index (χ1v) is 13.8. The van der Waals surface area contributed by atoms with Crippen LogP contribution in [0.25, 0.3) is 0 Å². The summed E-state index contributed by atoms with van der Waals surface area (Å²) in [5.41, 5.74) is 0.622. The summed E-state index contributed by atoms with van der Waals surface area (Å²) < 4.78 is 24.8. The van der Waals surface area contributed by atoms with Gasteiger partial charge in [0.1, 0.15) is 37.7 Å². The molecule has 39 heavy (non-hydrogen) atoms. The van der Waals surface area contributed by atoms with Gasteiger partial charge in [0, 0.05) is 30.9 Å². The molecular weight excluding hydrogens is 492 g/mol. The normalized spacial score (nSPS) is 23.9. The van der Waals surface area contributed by atoms with Crippen LogP contribution in [0.5, 0.6) is 17.2 Å². The Balaban J connectivity index is 1.12. The summed E-state index contributed by atoms with van der Waals surface area (Å²) >= 11 is 0. The number of ether oxygens (including phenoxy) is 3. The fourth-order valence-electron chi connectivity index (χ4n) is 6.56. The van der Waals surface area contributed by atoms with Crippen LogP contribution in [0.4, 0.5) is 0 Å². The molecule has 1 aromatic heterocycles. The minimum Gasteiger partial charge on any atom is -0.486 e. The van der Waals surface area contributed by atoms with Crippen LogP contribution in [0.1, 0.15) is 35.4 Å². The molecule has 4 aliphatic rings. The van der Waals surface area contributed by atoms with Crippen LogP contribution >= 0.6 is 0 Å². The van der Waals surface area contributed by atoms with E-state index in [1.807, 2.05) is 84.9 Å². The van der Waals surface area contributed by atoms with Gasteiger partial charge >= 0.3 is 0 Å². The monoisotopic (exact) mass is 525 g/mol. The van der Waals surface area contributed by atoms with Crippen molar-refractivity contribution in [2.24, 2.45) is 5.92 Å². The summed E-state index contributed by atoms with van der Waals surface area (Å²) in [5.74, 6) is 3.69. The number of benzene rings is 3. The van der Waals surface area contributed by atoms with Gasteiger partial charge in [0.15, 0.2) is 29.0 Å². The zero-order valence-corrected chi connectivity index (χ0v) is 21.9. The lowest BCUT2D eigenvalue weighted by molar-refractivity contribution is -0.959. The number of hydrogen-bond donors (Lipinski definition) is 1. The van der Waals surface area contributed by atoms with E-state index in [1.165, 1.54) is 0 Å². The smallest absolute Gasteiger partial charge is 0.191 e. The number of piperidine rings is 3. The molecule has 3 saturated heterocycles. The lowest BCUT2D eigenvalue weighted by Gasteiger charge is -2.51. The van der Waals surface area contributed by atoms with Gasteiger partial charge in [-0.15, -0.1) is 0 Å². The van der Waals surface area contributed by atoms with Crippen LogP contribution in [-0.4, -0.2) is 53.7 Å². The maximum Gasteiger partial charge on any atom is 0.191 e. The maximum absolute atomic E-state index is 12.1. The van der Waals surface area contributed by atoms with E-state index in [4.69, 9.17) is 18.7 Å². The second kappa shape index (κ2) is 9.74. The number of rotatable bonds is 7. The Morgan fingerprint density at radius 2 is 1.51 bits per heavy atom. The van der Waals surface area contributed by atoms with Gasteiger partial charge in [0.25, 0.3) is 0 Å². The predicted molar refractivity (Wildman–Crippen MR) is 145 cm³/mol. The molecule has 2 bridgehead atoms. The summed E-state index contributed by atoms with van der Waals surface area (Å²) in [6, 6.07) is 27.1. The van der Waals surface area contributed by atoms with E-state index in [0.717, 1.165) is 77.6 Å². The highest BCUT2D eigenvalue weighted by atomic mass is 16.6. The van der Waals surface area contributed by atoms with Crippen molar-refractivity contribution in [3.63, 3.8) is 0 Å². The molecular formula is C32H33N2O5+. The van der Waals surface area contributed by atoms with Crippen molar-refractivity contribution in [3.8, 4) is 17.2 Å². The van der Waals surface area contributed by atoms with Crippen LogP contribution < -0.4 is 14.2 Å². The second-order valence-electron chi connectivity index (χ2n) is 11.0. The highest BCUT2D eigenvalue weighted by Crippen LogP contribution is 2.41. The Hall–Kier alpha value is -3.81. The number of aliphatic hydroxyl groups is 1. The van der Waals surface area contributed by atoms with E-state index < -0.39 is 5.60 Å². The minimum absolute atomic E-state index is 0.128. The summed E-state index contributed by atoms with van der Waals surface area (Å²) in [7, 11) is 0. The molecule has 0 saturated carbocycles. The fraction of sp³-hybridized carbons (Fsp3) is 0.344. The average molecular weight is 526 g/mol. The van der Waals surface area contributed by atoms with E-state index in [0.29, 0.717) is 24.8 Å². The summed E-state index contributed by atoms with van der Waals surface area (Å²) in [4.78, 5) is 0. The van der Waals surface area contributed by atoms with Gasteiger partial charge in [-0.2, -0.15) is 0 Å². The first-order chi connectivity index (χ1) is 19.1. The van der Waals surface area contributed by atoms with E-state index in [9.17, 15) is 5.11 Å². The Labute approximate surface area is 228 Å². The molecule has 3 aromatic carbocycles. The molecule has 0 unspecified atom stereocenters. The summed E-state index contributed by atoms with van der Waals surface area (Å²) in [6.07, 6.45) is 2.37. The summed E-state index contributed by atoms with van der Waals surface area (Å²) in [5, 5.41) is 16.5. The molecule has 8 rings (SSSR count). The molecule has 4 aliphatic heterocycles. The quantitative estimate of drug-likeness (QED) is 0.346. The molecule has 5 heterocycles. The average Bonchev–Trinajstić information content (AvgIpc) is 3.46. The van der Waals surface area contributed by atoms with E-state index in [-0.39, 0.29) is 6.10 Å². The highest BCUT2D eigenvalue weighted by Gasteiger charge is 2.48. The van der Waals surface area contributed by atoms with Crippen molar-refractivity contribution >= 4 is 0 Å². The van der Waals surface area contributed by atoms with Crippen LogP contribution in [0.15, 0.2) is 89.5 Å². The van der Waals surface area contributed by atoms with Gasteiger partial charge in [-0.05, 0) is 23.3 Å². The molecule has 1 N–H and O–H groups in total. The first-order valence-electron chi connectivity index (χ1n) is 13.8. The van der Waals surface area contributed by atoms with Crippen molar-refractivity contribution < 1.29 is 28.3 Å². The standard InChI is InChI=1S/C32H33N2O5/c35-32(24-7-3-1-4-8-24,25-9-5-2-6-10-25)31-20-27(39-33-31)21-34-15-13-23(14-16-34)30(22-34)38-26-11-12-28-29(19-26)37-18-17-36-28/h1-12,19-20,23,30,35H,13-18,21-22H2/q+1/t23?,30-,34?/m0/s1. The number of quaternary nitrogens is 1. The van der Waals surface area contributed by atoms with Crippen molar-refractivity contribution in [1.29, 1.82) is 0 Å². The van der Waals surface area contributed by atoms with Crippen LogP contribution in [0.3, 0.4) is 0 Å². The predicted octanol–water partition coefficient (Wildman–Crippen LogP) is 4.92. The lowest BCUT2D eigenvalue weighted by atomic mass is 9.82. The zero-order chi connectivity index (χ0) is 26.3. The Bertz CT molecular complexity index is 1390. The van der Waals surface area contributed by atoms with E-state index in [1.54, 1.807) is 0 Å². The Kier molecular flexibility index (Phi) is 6.05. The van der Waals surface area contributed by atoms with Gasteiger partial charge in [-0.1, -0.05) is 65.8 Å². The third-order valence-electron chi connectivity index (χ3n) is 8.65. The van der Waals surface area contributed by atoms with Crippen LogP contribution in [-0.2, 0) is 12.1 Å². The molecule has 0 spiro atoms. The third-order valence-corrected chi connectivity index (χ3v) is 8.65. The molecule has 200 valence electrons. The number of nitrogens with zero attached hydrogens (tertiary/aromatic N) is 2. The largest absolute Gasteiger partial charge is 0.486 e. The number of fused-ring (bicyclic) bond motifs is 4. The van der Waals surface area contributed by atoms with Crippen molar-refractivity contribution in [2.75, 3.05) is 32.8 Å². The molecule has 1 atom stereocenters. The molecule has 0 aliphatic carbocycles. The van der Waals surface area contributed by atoms with Gasteiger partial charge in [-0.3, -0.25) is 0 Å². The van der Waals surface area contributed by atoms with Crippen LogP contribution in [0.2, 0.25) is 0 Å². The van der Waals surface area contributed by atoms with E-state index >= 15 is 0 Å². The SMILES string of the molecule is OC(c1ccccc1)(c1ccccc1)c1cc(C[N+]23CCC(CC2)[C@@H](Oc2ccc4c(c2)OCCO4)C3)on1. The van der Waals surface area contributed by atoms with Crippen molar-refractivity contribution in [3.05, 3.63) is 108 Å². The third kappa shape index (κ3) is 4.45. The molecule has 3 fully saturated rings. The van der Waals surface area contributed by atoms with E-state index in [2.05, 4.69) is 5.16 Å². The van der Waals surface area contributed by atoms with Gasteiger partial charge in [0.2, 0.25) is 0 Å². The topological polar surface area (TPSA) is 74.0 Å². The molecule has 7 nitrogen and oxygen atoms in total. The second-order valence-corrected chi connectivity index (χ2v) is 11.0. The number of hydrogen-bond acceptors (Lipinski definition) is 6. The van der Waals surface area contributed by atoms with Gasteiger partial charge in [0.05, 0.1) is 13.1 Å². The summed E-state index contributed by atoms with van der Waals surface area (Å²) in [6.45, 7) is 4.95. The van der Waals surface area contributed by atoms with Crippen LogP contribution in [0, 0.1) is 5.92 Å². The Morgan fingerprint density at radius 3 is 2.21 bits per heavy atom. The molecule has 4 aromatic rings. The molecule has 7 heteroatoms.